The van der Waals surface area contributed by atoms with E-state index in [0.29, 0.717) is 6.04 Å². The van der Waals surface area contributed by atoms with Gasteiger partial charge in [-0.25, -0.2) is 0 Å². The molecule has 0 aliphatic heterocycles. The molecular formula is C17H29BrN2. The summed E-state index contributed by atoms with van der Waals surface area (Å²) in [5, 5.41) is 3.45. The Hall–Kier alpha value is -0.380. The SMILES string of the molecule is CCCNCc1ccc(CN(CCC)C(C)C)c(Br)c1. The van der Waals surface area contributed by atoms with Crippen molar-refractivity contribution in [2.24, 2.45) is 0 Å². The Kier molecular flexibility index (Phi) is 8.43. The number of hydrogen-bond acceptors (Lipinski definition) is 2. The zero-order chi connectivity index (χ0) is 15.0. The molecule has 0 aliphatic rings. The number of nitrogens with one attached hydrogen (secondary N) is 1. The fraction of sp³-hybridized carbons (Fsp3) is 0.647. The molecule has 0 unspecified atom stereocenters. The molecule has 1 rings (SSSR count). The van der Waals surface area contributed by atoms with Gasteiger partial charge in [-0.05, 0) is 57.0 Å². The topological polar surface area (TPSA) is 15.3 Å². The normalized spacial score (nSPS) is 11.6. The van der Waals surface area contributed by atoms with E-state index in [-0.39, 0.29) is 0 Å². The quantitative estimate of drug-likeness (QED) is 0.662. The van der Waals surface area contributed by atoms with Crippen LogP contribution in [0.3, 0.4) is 0 Å². The number of nitrogens with zero attached hydrogens (tertiary/aromatic N) is 1. The predicted octanol–water partition coefficient (Wildman–Crippen LogP) is 4.57. The number of rotatable bonds is 9. The van der Waals surface area contributed by atoms with Crippen molar-refractivity contribution in [3.63, 3.8) is 0 Å². The molecule has 0 heterocycles. The second kappa shape index (κ2) is 9.54. The standard InChI is InChI=1S/C17H29BrN2/c1-5-9-19-12-15-7-8-16(17(18)11-15)13-20(10-6-2)14(3)4/h7-8,11,14,19H,5-6,9-10,12-13H2,1-4H3. The zero-order valence-electron chi connectivity index (χ0n) is 13.4. The molecule has 0 radical (unpaired) electrons. The van der Waals surface area contributed by atoms with Gasteiger partial charge in [-0.2, -0.15) is 0 Å². The summed E-state index contributed by atoms with van der Waals surface area (Å²) < 4.78 is 1.23. The van der Waals surface area contributed by atoms with Crippen LogP contribution in [0.25, 0.3) is 0 Å². The minimum Gasteiger partial charge on any atom is -0.313 e. The zero-order valence-corrected chi connectivity index (χ0v) is 15.0. The summed E-state index contributed by atoms with van der Waals surface area (Å²) in [6.45, 7) is 13.2. The lowest BCUT2D eigenvalue weighted by molar-refractivity contribution is 0.213. The van der Waals surface area contributed by atoms with Crippen molar-refractivity contribution in [2.75, 3.05) is 13.1 Å². The Morgan fingerprint density at radius 1 is 1.20 bits per heavy atom. The van der Waals surface area contributed by atoms with Gasteiger partial charge in [0.2, 0.25) is 0 Å². The van der Waals surface area contributed by atoms with Crippen LogP contribution in [0.15, 0.2) is 22.7 Å². The first-order chi connectivity index (χ1) is 9.58. The van der Waals surface area contributed by atoms with Crippen molar-refractivity contribution in [1.82, 2.24) is 10.2 Å². The van der Waals surface area contributed by atoms with Crippen molar-refractivity contribution in [3.05, 3.63) is 33.8 Å². The van der Waals surface area contributed by atoms with Gasteiger partial charge in [0.1, 0.15) is 0 Å². The molecular weight excluding hydrogens is 312 g/mol. The van der Waals surface area contributed by atoms with E-state index in [4.69, 9.17) is 0 Å². The number of halogens is 1. The van der Waals surface area contributed by atoms with Crippen molar-refractivity contribution >= 4 is 15.9 Å². The average molecular weight is 341 g/mol. The van der Waals surface area contributed by atoms with Crippen LogP contribution in [0, 0.1) is 0 Å². The van der Waals surface area contributed by atoms with Gasteiger partial charge in [0.15, 0.2) is 0 Å². The van der Waals surface area contributed by atoms with E-state index in [1.165, 1.54) is 28.4 Å². The van der Waals surface area contributed by atoms with Crippen LogP contribution in [-0.4, -0.2) is 24.0 Å². The second-order valence-electron chi connectivity index (χ2n) is 5.67. The molecule has 0 spiro atoms. The first kappa shape index (κ1) is 17.7. The van der Waals surface area contributed by atoms with E-state index in [1.54, 1.807) is 0 Å². The maximum absolute atomic E-state index is 3.73. The largest absolute Gasteiger partial charge is 0.313 e. The van der Waals surface area contributed by atoms with Crippen LogP contribution in [0.1, 0.15) is 51.7 Å². The molecule has 0 amide bonds. The summed E-state index contributed by atoms with van der Waals surface area (Å²) in [7, 11) is 0. The third kappa shape index (κ3) is 5.94. The Balaban J connectivity index is 2.66. The van der Waals surface area contributed by atoms with Gasteiger partial charge < -0.3 is 5.32 Å². The summed E-state index contributed by atoms with van der Waals surface area (Å²) in [5.74, 6) is 0. The fourth-order valence-electron chi connectivity index (χ4n) is 2.26. The molecule has 20 heavy (non-hydrogen) atoms. The highest BCUT2D eigenvalue weighted by atomic mass is 79.9. The molecule has 1 N–H and O–H groups in total. The molecule has 0 aliphatic carbocycles. The van der Waals surface area contributed by atoms with E-state index >= 15 is 0 Å². The summed E-state index contributed by atoms with van der Waals surface area (Å²) in [6, 6.07) is 7.35. The highest BCUT2D eigenvalue weighted by Gasteiger charge is 2.11. The highest BCUT2D eigenvalue weighted by molar-refractivity contribution is 9.10. The predicted molar refractivity (Wildman–Crippen MR) is 92.0 cm³/mol. The second-order valence-corrected chi connectivity index (χ2v) is 6.52. The lowest BCUT2D eigenvalue weighted by Gasteiger charge is -2.26. The van der Waals surface area contributed by atoms with Crippen molar-refractivity contribution in [3.8, 4) is 0 Å². The minimum absolute atomic E-state index is 0.591. The average Bonchev–Trinajstić information content (AvgIpc) is 2.41. The lowest BCUT2D eigenvalue weighted by Crippen LogP contribution is -2.31. The highest BCUT2D eigenvalue weighted by Crippen LogP contribution is 2.21. The molecule has 0 atom stereocenters. The summed E-state index contributed by atoms with van der Waals surface area (Å²) in [6.07, 6.45) is 2.38. The molecule has 0 saturated carbocycles. The smallest absolute Gasteiger partial charge is 0.0247 e. The van der Waals surface area contributed by atoms with Crippen LogP contribution >= 0.6 is 15.9 Å². The minimum atomic E-state index is 0.591. The maximum atomic E-state index is 3.73. The molecule has 3 heteroatoms. The Labute approximate surface area is 133 Å². The van der Waals surface area contributed by atoms with Gasteiger partial charge in [0.25, 0.3) is 0 Å². The molecule has 2 nitrogen and oxygen atoms in total. The van der Waals surface area contributed by atoms with Gasteiger partial charge in [-0.15, -0.1) is 0 Å². The van der Waals surface area contributed by atoms with Gasteiger partial charge in [0.05, 0.1) is 0 Å². The molecule has 0 bridgehead atoms. The van der Waals surface area contributed by atoms with Crippen LogP contribution in [0.4, 0.5) is 0 Å². The summed E-state index contributed by atoms with van der Waals surface area (Å²) in [4.78, 5) is 2.52. The first-order valence-corrected chi connectivity index (χ1v) is 8.59. The van der Waals surface area contributed by atoms with Gasteiger partial charge in [-0.3, -0.25) is 4.90 Å². The van der Waals surface area contributed by atoms with Crippen LogP contribution in [0.2, 0.25) is 0 Å². The molecule has 0 fully saturated rings. The number of hydrogen-bond donors (Lipinski definition) is 1. The molecule has 1 aromatic carbocycles. The van der Waals surface area contributed by atoms with Crippen LogP contribution < -0.4 is 5.32 Å². The molecule has 1 aromatic rings. The molecule has 0 saturated heterocycles. The van der Waals surface area contributed by atoms with Gasteiger partial charge >= 0.3 is 0 Å². The third-order valence-electron chi connectivity index (χ3n) is 3.49. The summed E-state index contributed by atoms with van der Waals surface area (Å²) >= 11 is 3.73. The third-order valence-corrected chi connectivity index (χ3v) is 4.23. The fourth-order valence-corrected chi connectivity index (χ4v) is 2.82. The number of benzene rings is 1. The van der Waals surface area contributed by atoms with Gasteiger partial charge in [-0.1, -0.05) is 41.9 Å². The van der Waals surface area contributed by atoms with E-state index in [2.05, 4.69) is 72.0 Å². The van der Waals surface area contributed by atoms with E-state index in [1.807, 2.05) is 0 Å². The maximum Gasteiger partial charge on any atom is 0.0247 e. The van der Waals surface area contributed by atoms with Gasteiger partial charge in [0, 0.05) is 23.6 Å². The van der Waals surface area contributed by atoms with E-state index < -0.39 is 0 Å². The van der Waals surface area contributed by atoms with Crippen LogP contribution in [0.5, 0.6) is 0 Å². The molecule has 0 aromatic heterocycles. The lowest BCUT2D eigenvalue weighted by atomic mass is 10.1. The van der Waals surface area contributed by atoms with Crippen molar-refractivity contribution < 1.29 is 0 Å². The first-order valence-electron chi connectivity index (χ1n) is 7.80. The van der Waals surface area contributed by atoms with Crippen molar-refractivity contribution in [2.45, 2.75) is 59.7 Å². The molecule has 114 valence electrons. The Bertz CT molecular complexity index is 391. The Morgan fingerprint density at radius 3 is 2.50 bits per heavy atom. The monoisotopic (exact) mass is 340 g/mol. The van der Waals surface area contributed by atoms with Crippen LogP contribution in [-0.2, 0) is 13.1 Å². The van der Waals surface area contributed by atoms with E-state index in [0.717, 1.165) is 26.2 Å². The Morgan fingerprint density at radius 2 is 1.95 bits per heavy atom. The van der Waals surface area contributed by atoms with Crippen molar-refractivity contribution in [1.29, 1.82) is 0 Å². The van der Waals surface area contributed by atoms with E-state index in [9.17, 15) is 0 Å². The summed E-state index contributed by atoms with van der Waals surface area (Å²) in [5.41, 5.74) is 2.73.